The lowest BCUT2D eigenvalue weighted by molar-refractivity contribution is -0.116. The number of carbonyl (C=O) groups is 1. The first-order valence-electron chi connectivity index (χ1n) is 9.25. The summed E-state index contributed by atoms with van der Waals surface area (Å²) in [5.41, 5.74) is 3.79. The zero-order chi connectivity index (χ0) is 20.0. The van der Waals surface area contributed by atoms with Gasteiger partial charge < -0.3 is 10.2 Å². The molecule has 1 N–H and O–H groups in total. The van der Waals surface area contributed by atoms with Crippen molar-refractivity contribution in [3.8, 4) is 11.4 Å². The van der Waals surface area contributed by atoms with E-state index in [-0.39, 0.29) is 11.7 Å². The van der Waals surface area contributed by atoms with Crippen molar-refractivity contribution in [1.29, 1.82) is 0 Å². The zero-order valence-corrected chi connectivity index (χ0v) is 15.6. The van der Waals surface area contributed by atoms with Crippen molar-refractivity contribution in [2.75, 3.05) is 16.8 Å². The molecule has 0 aliphatic carbocycles. The van der Waals surface area contributed by atoms with E-state index in [9.17, 15) is 9.18 Å². The molecule has 144 valence electrons. The number of hydrogen-bond acceptors (Lipinski definition) is 5. The maximum absolute atomic E-state index is 14.2. The number of nitrogens with one attached hydrogen (secondary N) is 1. The third-order valence-electron chi connectivity index (χ3n) is 5.01. The Morgan fingerprint density at radius 1 is 1.10 bits per heavy atom. The van der Waals surface area contributed by atoms with E-state index in [1.165, 1.54) is 10.6 Å². The molecular weight excluding hydrogens is 371 g/mol. The Morgan fingerprint density at radius 3 is 2.79 bits per heavy atom. The summed E-state index contributed by atoms with van der Waals surface area (Å²) in [4.78, 5) is 13.5. The topological polar surface area (TPSA) is 75.4 Å². The SMILES string of the molecule is CC(=O)N1CCc2cc(Nc3ccc4nnc(-c5ccccc5F)n4n3)ccc21. The largest absolute Gasteiger partial charge is 0.339 e. The number of benzene rings is 2. The minimum atomic E-state index is -0.379. The number of anilines is 3. The monoisotopic (exact) mass is 388 g/mol. The lowest BCUT2D eigenvalue weighted by atomic mass is 10.1. The van der Waals surface area contributed by atoms with E-state index in [1.54, 1.807) is 42.2 Å². The Hall–Kier alpha value is -3.81. The van der Waals surface area contributed by atoms with Crippen LogP contribution < -0.4 is 10.2 Å². The number of halogens is 1. The van der Waals surface area contributed by atoms with Crippen LogP contribution in [0.25, 0.3) is 17.0 Å². The third kappa shape index (κ3) is 2.98. The Labute approximate surface area is 165 Å². The van der Waals surface area contributed by atoms with Crippen LogP contribution in [0.2, 0.25) is 0 Å². The maximum atomic E-state index is 14.2. The second-order valence-electron chi connectivity index (χ2n) is 6.88. The first kappa shape index (κ1) is 17.3. The summed E-state index contributed by atoms with van der Waals surface area (Å²) in [6, 6.07) is 15.8. The van der Waals surface area contributed by atoms with Gasteiger partial charge in [-0.3, -0.25) is 4.79 Å². The molecule has 5 rings (SSSR count). The smallest absolute Gasteiger partial charge is 0.223 e. The minimum Gasteiger partial charge on any atom is -0.339 e. The molecular formula is C21H17FN6O. The zero-order valence-electron chi connectivity index (χ0n) is 15.6. The van der Waals surface area contributed by atoms with Crippen LogP contribution in [0.5, 0.6) is 0 Å². The Kier molecular flexibility index (Phi) is 3.97. The Bertz CT molecular complexity index is 1250. The molecule has 0 atom stereocenters. The molecule has 2 aromatic heterocycles. The van der Waals surface area contributed by atoms with Crippen LogP contribution in [0.3, 0.4) is 0 Å². The molecule has 2 aromatic carbocycles. The van der Waals surface area contributed by atoms with Crippen molar-refractivity contribution < 1.29 is 9.18 Å². The molecule has 1 amide bonds. The number of hydrogen-bond donors (Lipinski definition) is 1. The summed E-state index contributed by atoms with van der Waals surface area (Å²) >= 11 is 0. The van der Waals surface area contributed by atoms with Gasteiger partial charge in [0.1, 0.15) is 5.82 Å². The minimum absolute atomic E-state index is 0.0462. The fourth-order valence-electron chi connectivity index (χ4n) is 3.62. The molecule has 8 heteroatoms. The fraction of sp³-hybridized carbons (Fsp3) is 0.143. The second kappa shape index (κ2) is 6.66. The molecule has 1 aliphatic heterocycles. The van der Waals surface area contributed by atoms with Crippen molar-refractivity contribution in [1.82, 2.24) is 19.8 Å². The van der Waals surface area contributed by atoms with Gasteiger partial charge in [0.15, 0.2) is 17.3 Å². The average molecular weight is 388 g/mol. The molecule has 0 fully saturated rings. The van der Waals surface area contributed by atoms with E-state index in [0.717, 1.165) is 23.4 Å². The lowest BCUT2D eigenvalue weighted by Gasteiger charge is -2.15. The lowest BCUT2D eigenvalue weighted by Crippen LogP contribution is -2.25. The first-order chi connectivity index (χ1) is 14.1. The summed E-state index contributed by atoms with van der Waals surface area (Å²) in [6.07, 6.45) is 0.819. The molecule has 1 aliphatic rings. The molecule has 0 unspecified atom stereocenters. The van der Waals surface area contributed by atoms with Crippen LogP contribution in [0.1, 0.15) is 12.5 Å². The molecule has 0 radical (unpaired) electrons. The summed E-state index contributed by atoms with van der Waals surface area (Å²) < 4.78 is 15.7. The van der Waals surface area contributed by atoms with E-state index in [2.05, 4.69) is 20.6 Å². The van der Waals surface area contributed by atoms with Crippen LogP contribution in [0.15, 0.2) is 54.6 Å². The number of carbonyl (C=O) groups excluding carboxylic acids is 1. The average Bonchev–Trinajstić information content (AvgIpc) is 3.32. The normalized spacial score (nSPS) is 13.0. The molecule has 0 spiro atoms. The summed E-state index contributed by atoms with van der Waals surface area (Å²) in [5.74, 6) is 0.588. The Morgan fingerprint density at radius 2 is 1.97 bits per heavy atom. The fourth-order valence-corrected chi connectivity index (χ4v) is 3.62. The van der Waals surface area contributed by atoms with Gasteiger partial charge in [0, 0.05) is 24.8 Å². The van der Waals surface area contributed by atoms with Crippen molar-refractivity contribution in [2.45, 2.75) is 13.3 Å². The maximum Gasteiger partial charge on any atom is 0.223 e. The first-order valence-corrected chi connectivity index (χ1v) is 9.25. The molecule has 3 heterocycles. The second-order valence-corrected chi connectivity index (χ2v) is 6.88. The number of aromatic nitrogens is 4. The predicted octanol–water partition coefficient (Wildman–Crippen LogP) is 3.58. The highest BCUT2D eigenvalue weighted by Crippen LogP contribution is 2.31. The molecule has 0 saturated heterocycles. The van der Waals surface area contributed by atoms with Gasteiger partial charge in [-0.05, 0) is 54.4 Å². The van der Waals surface area contributed by atoms with Gasteiger partial charge >= 0.3 is 0 Å². The van der Waals surface area contributed by atoms with Crippen LogP contribution >= 0.6 is 0 Å². The van der Waals surface area contributed by atoms with Crippen LogP contribution in [-0.4, -0.2) is 32.3 Å². The summed E-state index contributed by atoms with van der Waals surface area (Å²) in [6.45, 7) is 2.28. The van der Waals surface area contributed by atoms with E-state index < -0.39 is 0 Å². The van der Waals surface area contributed by atoms with Gasteiger partial charge in [-0.15, -0.1) is 15.3 Å². The van der Waals surface area contributed by atoms with Crippen molar-refractivity contribution in [2.24, 2.45) is 0 Å². The van der Waals surface area contributed by atoms with Gasteiger partial charge in [-0.25, -0.2) is 4.39 Å². The number of amides is 1. The predicted molar refractivity (Wildman–Crippen MR) is 108 cm³/mol. The van der Waals surface area contributed by atoms with Gasteiger partial charge in [-0.1, -0.05) is 12.1 Å². The molecule has 29 heavy (non-hydrogen) atoms. The quantitative estimate of drug-likeness (QED) is 0.581. The van der Waals surface area contributed by atoms with Crippen LogP contribution in [-0.2, 0) is 11.2 Å². The van der Waals surface area contributed by atoms with E-state index >= 15 is 0 Å². The van der Waals surface area contributed by atoms with Gasteiger partial charge in [0.2, 0.25) is 5.91 Å². The highest BCUT2D eigenvalue weighted by Gasteiger charge is 2.22. The van der Waals surface area contributed by atoms with E-state index in [1.807, 2.05) is 18.2 Å². The van der Waals surface area contributed by atoms with Crippen LogP contribution in [0.4, 0.5) is 21.6 Å². The Balaban J connectivity index is 1.48. The number of rotatable bonds is 3. The van der Waals surface area contributed by atoms with Gasteiger partial charge in [0.25, 0.3) is 0 Å². The summed E-state index contributed by atoms with van der Waals surface area (Å²) in [7, 11) is 0. The molecule has 0 bridgehead atoms. The standard InChI is InChI=1S/C21H17FN6O/c1-13(29)27-11-10-14-12-15(6-7-18(14)27)23-19-8-9-20-24-25-21(28(20)26-19)16-4-2-3-5-17(16)22/h2-9,12H,10-11H2,1H3,(H,23,26). The number of fused-ring (bicyclic) bond motifs is 2. The molecule has 4 aromatic rings. The molecule has 0 saturated carbocycles. The van der Waals surface area contributed by atoms with Crippen molar-refractivity contribution in [3.05, 3.63) is 66.0 Å². The highest BCUT2D eigenvalue weighted by molar-refractivity contribution is 5.94. The van der Waals surface area contributed by atoms with Crippen molar-refractivity contribution in [3.63, 3.8) is 0 Å². The van der Waals surface area contributed by atoms with Crippen molar-refractivity contribution >= 4 is 28.7 Å². The molecule has 7 nitrogen and oxygen atoms in total. The number of nitrogens with zero attached hydrogens (tertiary/aromatic N) is 5. The van der Waals surface area contributed by atoms with Crippen LogP contribution in [0, 0.1) is 5.82 Å². The third-order valence-corrected chi connectivity index (χ3v) is 5.01. The summed E-state index contributed by atoms with van der Waals surface area (Å²) in [5, 5.41) is 16.0. The van der Waals surface area contributed by atoms with E-state index in [4.69, 9.17) is 0 Å². The highest BCUT2D eigenvalue weighted by atomic mass is 19.1. The van der Waals surface area contributed by atoms with Gasteiger partial charge in [0.05, 0.1) is 5.56 Å². The van der Waals surface area contributed by atoms with E-state index in [0.29, 0.717) is 29.4 Å². The van der Waals surface area contributed by atoms with Gasteiger partial charge in [-0.2, -0.15) is 4.52 Å².